The van der Waals surface area contributed by atoms with Gasteiger partial charge in [0, 0.05) is 18.6 Å². The van der Waals surface area contributed by atoms with Crippen LogP contribution in [0.4, 0.5) is 0 Å². The molecule has 0 bridgehead atoms. The molecule has 1 aliphatic carbocycles. The maximum atomic E-state index is 9.89. The van der Waals surface area contributed by atoms with Gasteiger partial charge in [-0.15, -0.1) is 0 Å². The highest BCUT2D eigenvalue weighted by molar-refractivity contribution is 5.46. The van der Waals surface area contributed by atoms with Crippen LogP contribution in [-0.2, 0) is 9.53 Å². The van der Waals surface area contributed by atoms with E-state index in [9.17, 15) is 4.79 Å². The van der Waals surface area contributed by atoms with Crippen LogP contribution in [0.2, 0.25) is 0 Å². The Kier molecular flexibility index (Phi) is 9.77. The van der Waals surface area contributed by atoms with Crippen molar-refractivity contribution in [2.75, 3.05) is 26.7 Å². The third kappa shape index (κ3) is 7.05. The lowest BCUT2D eigenvalue weighted by atomic mass is 9.69. The van der Waals surface area contributed by atoms with Crippen LogP contribution in [0.1, 0.15) is 87.0 Å². The number of rotatable bonds is 9. The fraction of sp³-hybridized carbons (Fsp3) is 0.957. The van der Waals surface area contributed by atoms with Gasteiger partial charge < -0.3 is 14.5 Å². The first-order chi connectivity index (χ1) is 12.6. The minimum Gasteiger partial charge on any atom is -0.367 e. The van der Waals surface area contributed by atoms with E-state index in [2.05, 4.69) is 46.6 Å². The predicted octanol–water partition coefficient (Wildman–Crippen LogP) is 4.97. The van der Waals surface area contributed by atoms with E-state index >= 15 is 0 Å². The van der Waals surface area contributed by atoms with E-state index < -0.39 is 0 Å². The highest BCUT2D eigenvalue weighted by atomic mass is 16.6. The molecule has 4 heteroatoms. The second-order valence-electron chi connectivity index (χ2n) is 9.42. The van der Waals surface area contributed by atoms with Crippen LogP contribution in [0, 0.1) is 11.8 Å². The molecule has 0 aromatic carbocycles. The highest BCUT2D eigenvalue weighted by Gasteiger charge is 2.49. The van der Waals surface area contributed by atoms with Crippen molar-refractivity contribution in [3.8, 4) is 0 Å². The number of hydrogen-bond donors (Lipinski definition) is 0. The van der Waals surface area contributed by atoms with Crippen molar-refractivity contribution in [1.82, 2.24) is 9.80 Å². The smallest absolute Gasteiger partial charge is 0.209 e. The zero-order valence-corrected chi connectivity index (χ0v) is 19.4. The normalized spacial score (nSPS) is 28.7. The topological polar surface area (TPSA) is 36.1 Å². The van der Waals surface area contributed by atoms with Crippen molar-refractivity contribution in [3.63, 3.8) is 0 Å². The van der Waals surface area contributed by atoms with Gasteiger partial charge >= 0.3 is 0 Å². The Labute approximate surface area is 169 Å². The summed E-state index contributed by atoms with van der Waals surface area (Å²) in [5.74, 6) is 1.77. The number of epoxide rings is 1. The van der Waals surface area contributed by atoms with Gasteiger partial charge in [-0.25, -0.2) is 0 Å². The summed E-state index contributed by atoms with van der Waals surface area (Å²) in [6.07, 6.45) is 9.54. The van der Waals surface area contributed by atoms with Crippen LogP contribution in [-0.4, -0.2) is 60.1 Å². The first-order valence-electron chi connectivity index (χ1n) is 11.2. The van der Waals surface area contributed by atoms with Crippen molar-refractivity contribution in [3.05, 3.63) is 0 Å². The van der Waals surface area contributed by atoms with Crippen LogP contribution in [0.25, 0.3) is 0 Å². The van der Waals surface area contributed by atoms with Gasteiger partial charge in [0.15, 0.2) is 0 Å². The number of nitrogens with zero attached hydrogens (tertiary/aromatic N) is 2. The minimum atomic E-state index is 0.144. The quantitative estimate of drug-likeness (QED) is 0.417. The van der Waals surface area contributed by atoms with Crippen molar-refractivity contribution in [1.29, 1.82) is 0 Å². The number of carbonyl (C=O) groups excluding carboxylic acids is 1. The minimum absolute atomic E-state index is 0.144. The van der Waals surface area contributed by atoms with Gasteiger partial charge in [0.05, 0.1) is 11.7 Å². The van der Waals surface area contributed by atoms with Crippen molar-refractivity contribution >= 4 is 6.41 Å². The Balaban J connectivity index is 0.000000445. The lowest BCUT2D eigenvalue weighted by molar-refractivity contribution is -0.117. The van der Waals surface area contributed by atoms with E-state index in [0.717, 1.165) is 37.9 Å². The lowest BCUT2D eigenvalue weighted by Crippen LogP contribution is -2.51. The molecule has 4 atom stereocenters. The summed E-state index contributed by atoms with van der Waals surface area (Å²) in [4.78, 5) is 14.2. The highest BCUT2D eigenvalue weighted by Crippen LogP contribution is 2.44. The fourth-order valence-corrected chi connectivity index (χ4v) is 4.60. The number of hydrogen-bond acceptors (Lipinski definition) is 3. The third-order valence-corrected chi connectivity index (χ3v) is 7.20. The molecule has 0 radical (unpaired) electrons. The average molecular weight is 383 g/mol. The van der Waals surface area contributed by atoms with Crippen LogP contribution < -0.4 is 0 Å². The molecule has 27 heavy (non-hydrogen) atoms. The van der Waals surface area contributed by atoms with E-state index in [1.165, 1.54) is 38.5 Å². The molecule has 0 N–H and O–H groups in total. The van der Waals surface area contributed by atoms with Crippen LogP contribution in [0.3, 0.4) is 0 Å². The second kappa shape index (κ2) is 10.8. The average Bonchev–Trinajstić information content (AvgIpc) is 3.27. The number of carbonyl (C=O) groups is 1. The van der Waals surface area contributed by atoms with Crippen molar-refractivity contribution in [2.45, 2.75) is 104 Å². The molecular weight excluding hydrogens is 336 g/mol. The van der Waals surface area contributed by atoms with E-state index in [1.807, 2.05) is 13.8 Å². The van der Waals surface area contributed by atoms with E-state index in [-0.39, 0.29) is 5.60 Å². The summed E-state index contributed by atoms with van der Waals surface area (Å²) in [5.41, 5.74) is 0.497. The summed E-state index contributed by atoms with van der Waals surface area (Å²) in [5, 5.41) is 0. The molecule has 1 heterocycles. The lowest BCUT2D eigenvalue weighted by Gasteiger charge is -2.47. The molecule has 1 amide bonds. The van der Waals surface area contributed by atoms with Gasteiger partial charge in [-0.3, -0.25) is 4.79 Å². The van der Waals surface area contributed by atoms with Crippen LogP contribution >= 0.6 is 0 Å². The third-order valence-electron chi connectivity index (χ3n) is 7.20. The fourth-order valence-electron chi connectivity index (χ4n) is 4.60. The molecule has 0 aromatic rings. The largest absolute Gasteiger partial charge is 0.367 e. The van der Waals surface area contributed by atoms with Crippen molar-refractivity contribution in [2.24, 2.45) is 11.8 Å². The molecule has 1 saturated carbocycles. The summed E-state index contributed by atoms with van der Waals surface area (Å²) in [6.45, 7) is 18.4. The summed E-state index contributed by atoms with van der Waals surface area (Å²) < 4.78 is 5.80. The molecular formula is C23H46N2O2. The number of amides is 1. The molecule has 4 unspecified atom stereocenters. The second-order valence-corrected chi connectivity index (χ2v) is 9.42. The van der Waals surface area contributed by atoms with Gasteiger partial charge in [0.1, 0.15) is 0 Å². The monoisotopic (exact) mass is 382 g/mol. The molecule has 0 aromatic heterocycles. The molecule has 4 nitrogen and oxygen atoms in total. The van der Waals surface area contributed by atoms with E-state index in [4.69, 9.17) is 4.74 Å². The van der Waals surface area contributed by atoms with Crippen LogP contribution in [0.5, 0.6) is 0 Å². The van der Waals surface area contributed by atoms with Gasteiger partial charge in [-0.2, -0.15) is 0 Å². The first kappa shape index (κ1) is 24.4. The predicted molar refractivity (Wildman–Crippen MR) is 115 cm³/mol. The maximum absolute atomic E-state index is 9.89. The van der Waals surface area contributed by atoms with E-state index in [1.54, 1.807) is 4.90 Å². The SMILES string of the molecule is CCN(C)C(C)(CCC1OC1(C)C)C1CCCC(C)C1.CCN(C=O)CC. The molecule has 2 rings (SSSR count). The Hall–Kier alpha value is -0.610. The molecule has 1 saturated heterocycles. The molecule has 2 aliphatic rings. The Morgan fingerprint density at radius 1 is 1.15 bits per heavy atom. The zero-order valence-electron chi connectivity index (χ0n) is 19.4. The van der Waals surface area contributed by atoms with Gasteiger partial charge in [0.25, 0.3) is 0 Å². The molecule has 160 valence electrons. The molecule has 2 fully saturated rings. The van der Waals surface area contributed by atoms with Gasteiger partial charge in [-0.05, 0) is 85.7 Å². The number of ether oxygens (including phenoxy) is 1. The zero-order chi connectivity index (χ0) is 20.7. The van der Waals surface area contributed by atoms with Gasteiger partial charge in [0.2, 0.25) is 6.41 Å². The molecule has 1 aliphatic heterocycles. The summed E-state index contributed by atoms with van der Waals surface area (Å²) in [7, 11) is 2.32. The van der Waals surface area contributed by atoms with Crippen LogP contribution in [0.15, 0.2) is 0 Å². The first-order valence-corrected chi connectivity index (χ1v) is 11.2. The Morgan fingerprint density at radius 3 is 2.11 bits per heavy atom. The van der Waals surface area contributed by atoms with E-state index in [0.29, 0.717) is 11.6 Å². The molecule has 0 spiro atoms. The summed E-state index contributed by atoms with van der Waals surface area (Å²) >= 11 is 0. The van der Waals surface area contributed by atoms with Crippen molar-refractivity contribution < 1.29 is 9.53 Å². The Morgan fingerprint density at radius 2 is 1.74 bits per heavy atom. The Bertz CT molecular complexity index is 436. The summed E-state index contributed by atoms with van der Waals surface area (Å²) in [6, 6.07) is 0. The standard InChI is InChI=1S/C18H35NO.C5H11NO/c1-7-19(6)18(5,12-11-16-17(3,4)20-16)15-10-8-9-14(2)13-15;1-3-6(4-2)5-7/h14-16H,7-13H2,1-6H3;5H,3-4H2,1-2H3. The maximum Gasteiger partial charge on any atom is 0.209 e. The van der Waals surface area contributed by atoms with Gasteiger partial charge in [-0.1, -0.05) is 26.7 Å².